The highest BCUT2D eigenvalue weighted by Crippen LogP contribution is 2.39. The molecule has 1 aliphatic rings. The van der Waals surface area contributed by atoms with E-state index in [1.165, 1.54) is 12.8 Å². The summed E-state index contributed by atoms with van der Waals surface area (Å²) >= 11 is 0. The minimum atomic E-state index is 0.551. The van der Waals surface area contributed by atoms with Crippen LogP contribution in [0.3, 0.4) is 0 Å². The third-order valence-electron chi connectivity index (χ3n) is 2.56. The van der Waals surface area contributed by atoms with Crippen molar-refractivity contribution in [1.29, 1.82) is 0 Å². The lowest BCUT2D eigenvalue weighted by molar-refractivity contribution is 0.395. The number of hydrogen-bond donors (Lipinski definition) is 1. The second-order valence-corrected chi connectivity index (χ2v) is 4.70. The summed E-state index contributed by atoms with van der Waals surface area (Å²) in [6.07, 6.45) is 2.41. The molecular weight excluding hydrogens is 202 g/mol. The predicted molar refractivity (Wildman–Crippen MR) is 63.9 cm³/mol. The molecule has 88 valence electrons. The molecule has 0 aromatic carbocycles. The predicted octanol–water partition coefficient (Wildman–Crippen LogP) is 2.43. The Balaban J connectivity index is 2.12. The van der Waals surface area contributed by atoms with E-state index in [0.29, 0.717) is 17.7 Å². The fraction of sp³-hybridized carbons (Fsp3) is 0.667. The first kappa shape index (κ1) is 11.2. The molecule has 0 radical (unpaired) electrons. The summed E-state index contributed by atoms with van der Waals surface area (Å²) in [5.74, 6) is 3.61. The smallest absolute Gasteiger partial charge is 0.218 e. The van der Waals surface area contributed by atoms with Crippen LogP contribution in [-0.2, 0) is 0 Å². The maximum atomic E-state index is 5.19. The van der Waals surface area contributed by atoms with Gasteiger partial charge in [-0.1, -0.05) is 13.8 Å². The molecule has 0 aliphatic heterocycles. The lowest BCUT2D eigenvalue weighted by Gasteiger charge is -2.10. The Morgan fingerprint density at radius 2 is 2.19 bits per heavy atom. The van der Waals surface area contributed by atoms with Gasteiger partial charge < -0.3 is 10.1 Å². The minimum Gasteiger partial charge on any atom is -0.481 e. The standard InChI is InChI=1S/C12H19N3O/c1-8(2)7-13-10-6-11(16-3)15-12(14-10)9-4-5-9/h6,8-9H,4-5,7H2,1-3H3,(H,13,14,15). The molecule has 1 fully saturated rings. The molecule has 0 amide bonds. The number of hydrogen-bond acceptors (Lipinski definition) is 4. The maximum Gasteiger partial charge on any atom is 0.218 e. The zero-order chi connectivity index (χ0) is 11.5. The first-order valence-electron chi connectivity index (χ1n) is 5.86. The zero-order valence-corrected chi connectivity index (χ0v) is 10.2. The van der Waals surface area contributed by atoms with Crippen molar-refractivity contribution in [3.63, 3.8) is 0 Å². The first-order chi connectivity index (χ1) is 7.69. The summed E-state index contributed by atoms with van der Waals surface area (Å²) in [4.78, 5) is 8.88. The van der Waals surface area contributed by atoms with Crippen LogP contribution in [0.15, 0.2) is 6.07 Å². The first-order valence-corrected chi connectivity index (χ1v) is 5.86. The topological polar surface area (TPSA) is 47.0 Å². The van der Waals surface area contributed by atoms with Gasteiger partial charge in [0.1, 0.15) is 11.6 Å². The van der Waals surface area contributed by atoms with Crippen LogP contribution in [0.1, 0.15) is 38.4 Å². The third kappa shape index (κ3) is 2.84. The second kappa shape index (κ2) is 4.68. The van der Waals surface area contributed by atoms with E-state index in [0.717, 1.165) is 18.2 Å². The zero-order valence-electron chi connectivity index (χ0n) is 10.2. The van der Waals surface area contributed by atoms with Gasteiger partial charge in [0.05, 0.1) is 7.11 Å². The van der Waals surface area contributed by atoms with Crippen molar-refractivity contribution in [2.75, 3.05) is 19.0 Å². The molecule has 0 saturated heterocycles. The van der Waals surface area contributed by atoms with E-state index in [-0.39, 0.29) is 0 Å². The highest BCUT2D eigenvalue weighted by atomic mass is 16.5. The van der Waals surface area contributed by atoms with Gasteiger partial charge in [-0.05, 0) is 18.8 Å². The molecule has 1 aliphatic carbocycles. The summed E-state index contributed by atoms with van der Waals surface area (Å²) in [5, 5.41) is 3.31. The van der Waals surface area contributed by atoms with Gasteiger partial charge in [0, 0.05) is 18.5 Å². The molecule has 0 spiro atoms. The van der Waals surface area contributed by atoms with Gasteiger partial charge in [0.15, 0.2) is 0 Å². The summed E-state index contributed by atoms with van der Waals surface area (Å²) in [7, 11) is 1.64. The monoisotopic (exact) mass is 221 g/mol. The number of rotatable bonds is 5. The largest absolute Gasteiger partial charge is 0.481 e. The molecular formula is C12H19N3O. The normalized spacial score (nSPS) is 15.2. The molecule has 4 nitrogen and oxygen atoms in total. The number of methoxy groups -OCH3 is 1. The lowest BCUT2D eigenvalue weighted by atomic mass is 10.2. The molecule has 4 heteroatoms. The van der Waals surface area contributed by atoms with E-state index in [2.05, 4.69) is 29.1 Å². The van der Waals surface area contributed by atoms with E-state index >= 15 is 0 Å². The Morgan fingerprint density at radius 1 is 1.44 bits per heavy atom. The lowest BCUT2D eigenvalue weighted by Crippen LogP contribution is -2.10. The molecule has 16 heavy (non-hydrogen) atoms. The van der Waals surface area contributed by atoms with Crippen molar-refractivity contribution in [2.24, 2.45) is 5.92 Å². The number of aromatic nitrogens is 2. The van der Waals surface area contributed by atoms with E-state index in [4.69, 9.17) is 4.74 Å². The molecule has 2 rings (SSSR count). The quantitative estimate of drug-likeness (QED) is 0.829. The van der Waals surface area contributed by atoms with E-state index < -0.39 is 0 Å². The van der Waals surface area contributed by atoms with Crippen molar-refractivity contribution in [1.82, 2.24) is 9.97 Å². The van der Waals surface area contributed by atoms with Crippen molar-refractivity contribution in [3.05, 3.63) is 11.9 Å². The Labute approximate surface area is 96.4 Å². The molecule has 0 atom stereocenters. The van der Waals surface area contributed by atoms with Gasteiger partial charge in [-0.2, -0.15) is 4.98 Å². The number of nitrogens with one attached hydrogen (secondary N) is 1. The van der Waals surface area contributed by atoms with Gasteiger partial charge in [-0.3, -0.25) is 0 Å². The van der Waals surface area contributed by atoms with E-state index in [1.807, 2.05) is 6.07 Å². The summed E-state index contributed by atoms with van der Waals surface area (Å²) in [6, 6.07) is 1.86. The van der Waals surface area contributed by atoms with Gasteiger partial charge in [0.25, 0.3) is 0 Å². The van der Waals surface area contributed by atoms with Crippen molar-refractivity contribution >= 4 is 5.82 Å². The second-order valence-electron chi connectivity index (χ2n) is 4.70. The molecule has 1 N–H and O–H groups in total. The summed E-state index contributed by atoms with van der Waals surface area (Å²) < 4.78 is 5.19. The Kier molecular flexibility index (Phi) is 3.27. The number of nitrogens with zero attached hydrogens (tertiary/aromatic N) is 2. The van der Waals surface area contributed by atoms with E-state index in [1.54, 1.807) is 7.11 Å². The fourth-order valence-electron chi connectivity index (χ4n) is 1.47. The Bertz CT molecular complexity index is 361. The fourth-order valence-corrected chi connectivity index (χ4v) is 1.47. The number of anilines is 1. The molecule has 1 saturated carbocycles. The molecule has 0 unspecified atom stereocenters. The maximum absolute atomic E-state index is 5.19. The summed E-state index contributed by atoms with van der Waals surface area (Å²) in [5.41, 5.74) is 0. The van der Waals surface area contributed by atoms with Gasteiger partial charge in [0.2, 0.25) is 5.88 Å². The van der Waals surface area contributed by atoms with Crippen LogP contribution in [-0.4, -0.2) is 23.6 Å². The van der Waals surface area contributed by atoms with Crippen LogP contribution in [0.25, 0.3) is 0 Å². The van der Waals surface area contributed by atoms with Crippen molar-refractivity contribution in [3.8, 4) is 5.88 Å². The average Bonchev–Trinajstić information content (AvgIpc) is 3.09. The van der Waals surface area contributed by atoms with Crippen LogP contribution in [0, 0.1) is 5.92 Å². The van der Waals surface area contributed by atoms with Crippen LogP contribution in [0.2, 0.25) is 0 Å². The van der Waals surface area contributed by atoms with Crippen LogP contribution >= 0.6 is 0 Å². The van der Waals surface area contributed by atoms with Gasteiger partial charge in [-0.25, -0.2) is 4.98 Å². The van der Waals surface area contributed by atoms with Crippen molar-refractivity contribution < 1.29 is 4.74 Å². The van der Waals surface area contributed by atoms with Crippen molar-refractivity contribution in [2.45, 2.75) is 32.6 Å². The molecule has 1 aromatic heterocycles. The minimum absolute atomic E-state index is 0.551. The Hall–Kier alpha value is -1.32. The molecule has 1 heterocycles. The third-order valence-corrected chi connectivity index (χ3v) is 2.56. The van der Waals surface area contributed by atoms with Crippen LogP contribution < -0.4 is 10.1 Å². The van der Waals surface area contributed by atoms with Crippen LogP contribution in [0.5, 0.6) is 5.88 Å². The van der Waals surface area contributed by atoms with Gasteiger partial charge >= 0.3 is 0 Å². The number of ether oxygens (including phenoxy) is 1. The van der Waals surface area contributed by atoms with Gasteiger partial charge in [-0.15, -0.1) is 0 Å². The van der Waals surface area contributed by atoms with E-state index in [9.17, 15) is 0 Å². The SMILES string of the molecule is COc1cc(NCC(C)C)nc(C2CC2)n1. The average molecular weight is 221 g/mol. The highest BCUT2D eigenvalue weighted by Gasteiger charge is 2.27. The van der Waals surface area contributed by atoms with Crippen LogP contribution in [0.4, 0.5) is 5.82 Å². The molecule has 1 aromatic rings. The summed E-state index contributed by atoms with van der Waals surface area (Å²) in [6.45, 7) is 5.27. The Morgan fingerprint density at radius 3 is 2.75 bits per heavy atom. The molecule has 0 bridgehead atoms. The highest BCUT2D eigenvalue weighted by molar-refractivity contribution is 5.39.